The first-order chi connectivity index (χ1) is 7.49. The van der Waals surface area contributed by atoms with E-state index in [2.05, 4.69) is 9.72 Å². The third-order valence-corrected chi connectivity index (χ3v) is 2.11. The average molecular weight is 231 g/mol. The molecule has 88 valence electrons. The van der Waals surface area contributed by atoms with Gasteiger partial charge in [0.15, 0.2) is 0 Å². The van der Waals surface area contributed by atoms with Gasteiger partial charge in [0.05, 0.1) is 6.61 Å². The van der Waals surface area contributed by atoms with Gasteiger partial charge in [-0.25, -0.2) is 13.6 Å². The largest absolute Gasteiger partial charge is 0.462 e. The molecule has 0 atom stereocenters. The number of aromatic nitrogens is 1. The number of hydrogen-bond donors (Lipinski definition) is 1. The number of ether oxygens (including phenoxy) is 1. The van der Waals surface area contributed by atoms with Crippen LogP contribution in [0.2, 0.25) is 0 Å². The molecule has 0 aliphatic carbocycles. The zero-order valence-corrected chi connectivity index (χ0v) is 8.84. The predicted octanol–water partition coefficient (Wildman–Crippen LogP) is 1.80. The number of pyridine rings is 1. The second-order valence-electron chi connectivity index (χ2n) is 3.09. The van der Waals surface area contributed by atoms with E-state index in [4.69, 9.17) is 0 Å². The molecule has 0 saturated heterocycles. The predicted molar refractivity (Wildman–Crippen MR) is 52.7 cm³/mol. The number of esters is 1. The Balaban J connectivity index is 3.32. The van der Waals surface area contributed by atoms with Gasteiger partial charge < -0.3 is 9.72 Å². The molecule has 0 fully saturated rings. The summed E-state index contributed by atoms with van der Waals surface area (Å²) in [6.07, 6.45) is -1.84. The number of alkyl halides is 2. The van der Waals surface area contributed by atoms with Gasteiger partial charge in [0, 0.05) is 11.8 Å². The van der Waals surface area contributed by atoms with Crippen molar-refractivity contribution in [3.63, 3.8) is 0 Å². The summed E-state index contributed by atoms with van der Waals surface area (Å²) in [5, 5.41) is 0. The van der Waals surface area contributed by atoms with Gasteiger partial charge >= 0.3 is 5.97 Å². The van der Waals surface area contributed by atoms with Crippen molar-refractivity contribution in [1.29, 1.82) is 0 Å². The average Bonchev–Trinajstić information content (AvgIpc) is 2.17. The second kappa shape index (κ2) is 4.87. The first kappa shape index (κ1) is 12.4. The van der Waals surface area contributed by atoms with E-state index < -0.39 is 18.0 Å². The fraction of sp³-hybridized carbons (Fsp3) is 0.400. The first-order valence-electron chi connectivity index (χ1n) is 4.66. The van der Waals surface area contributed by atoms with Gasteiger partial charge in [-0.1, -0.05) is 0 Å². The van der Waals surface area contributed by atoms with Crippen LogP contribution in [0.3, 0.4) is 0 Å². The van der Waals surface area contributed by atoms with Crippen LogP contribution >= 0.6 is 0 Å². The van der Waals surface area contributed by atoms with Crippen LogP contribution in [0.15, 0.2) is 11.0 Å². The van der Waals surface area contributed by atoms with Gasteiger partial charge in [-0.2, -0.15) is 0 Å². The van der Waals surface area contributed by atoms with Crippen LogP contribution in [0.4, 0.5) is 8.78 Å². The highest BCUT2D eigenvalue weighted by atomic mass is 19.3. The van der Waals surface area contributed by atoms with Crippen LogP contribution in [0, 0.1) is 6.92 Å². The van der Waals surface area contributed by atoms with Crippen molar-refractivity contribution in [3.05, 3.63) is 33.2 Å². The van der Waals surface area contributed by atoms with E-state index in [1.54, 1.807) is 6.92 Å². The number of halogens is 2. The Morgan fingerprint density at radius 1 is 1.56 bits per heavy atom. The van der Waals surface area contributed by atoms with E-state index in [1.807, 2.05) is 0 Å². The molecule has 0 aromatic carbocycles. The van der Waals surface area contributed by atoms with Gasteiger partial charge in [0.1, 0.15) is 5.56 Å². The molecule has 1 aromatic rings. The molecule has 0 aliphatic rings. The molecule has 1 N–H and O–H groups in total. The summed E-state index contributed by atoms with van der Waals surface area (Å²) in [4.78, 5) is 24.8. The Kier molecular flexibility index (Phi) is 3.76. The van der Waals surface area contributed by atoms with Gasteiger partial charge in [-0.05, 0) is 19.4 Å². The number of carbonyl (C=O) groups excluding carboxylic acids is 1. The van der Waals surface area contributed by atoms with Gasteiger partial charge in [0.2, 0.25) is 0 Å². The molecule has 6 heteroatoms. The summed E-state index contributed by atoms with van der Waals surface area (Å²) in [6, 6.07) is 0. The molecule has 0 amide bonds. The molecule has 1 aromatic heterocycles. The minimum Gasteiger partial charge on any atom is -0.462 e. The zero-order chi connectivity index (χ0) is 12.3. The highest BCUT2D eigenvalue weighted by Gasteiger charge is 2.21. The van der Waals surface area contributed by atoms with Gasteiger partial charge in [-0.3, -0.25) is 4.79 Å². The van der Waals surface area contributed by atoms with Crippen LogP contribution in [0.1, 0.15) is 34.8 Å². The van der Waals surface area contributed by atoms with Gasteiger partial charge in [0.25, 0.3) is 12.0 Å². The van der Waals surface area contributed by atoms with Crippen LogP contribution < -0.4 is 5.56 Å². The molecule has 4 nitrogen and oxygen atoms in total. The molecule has 0 unspecified atom stereocenters. The topological polar surface area (TPSA) is 59.2 Å². The molecular weight excluding hydrogens is 220 g/mol. The van der Waals surface area contributed by atoms with Crippen molar-refractivity contribution in [2.75, 3.05) is 6.61 Å². The minimum atomic E-state index is -2.75. The van der Waals surface area contributed by atoms with Crippen molar-refractivity contribution in [3.8, 4) is 0 Å². The zero-order valence-electron chi connectivity index (χ0n) is 8.84. The lowest BCUT2D eigenvalue weighted by Crippen LogP contribution is -2.22. The molecule has 0 bridgehead atoms. The number of carbonyl (C=O) groups is 1. The minimum absolute atomic E-state index is 0.0443. The maximum absolute atomic E-state index is 12.5. The fourth-order valence-corrected chi connectivity index (χ4v) is 1.31. The van der Waals surface area contributed by atoms with E-state index >= 15 is 0 Å². The summed E-state index contributed by atoms with van der Waals surface area (Å²) in [5.41, 5.74) is -1.50. The summed E-state index contributed by atoms with van der Waals surface area (Å²) in [6.45, 7) is 2.94. The highest BCUT2D eigenvalue weighted by molar-refractivity contribution is 5.90. The van der Waals surface area contributed by atoms with E-state index in [0.717, 1.165) is 6.20 Å². The molecular formula is C10H11F2NO3. The van der Waals surface area contributed by atoms with Crippen LogP contribution in [0.5, 0.6) is 0 Å². The molecule has 1 rings (SSSR count). The Labute approximate surface area is 90.2 Å². The number of rotatable bonds is 3. The standard InChI is InChI=1S/C10H11F2NO3/c1-3-16-10(15)7-5(2)6(8(11)12)4-13-9(7)14/h4,8H,3H2,1-2H3,(H,13,14). The monoisotopic (exact) mass is 231 g/mol. The number of H-pyrrole nitrogens is 1. The van der Waals surface area contributed by atoms with Crippen molar-refractivity contribution >= 4 is 5.97 Å². The smallest absolute Gasteiger partial charge is 0.344 e. The first-order valence-corrected chi connectivity index (χ1v) is 4.66. The Morgan fingerprint density at radius 3 is 2.69 bits per heavy atom. The normalized spacial score (nSPS) is 10.6. The SMILES string of the molecule is CCOC(=O)c1c(C)c(C(F)F)c[nH]c1=O. The Hall–Kier alpha value is -1.72. The van der Waals surface area contributed by atoms with Crippen molar-refractivity contribution < 1.29 is 18.3 Å². The molecule has 0 radical (unpaired) electrons. The van der Waals surface area contributed by atoms with Gasteiger partial charge in [-0.15, -0.1) is 0 Å². The van der Waals surface area contributed by atoms with E-state index in [1.165, 1.54) is 6.92 Å². The molecule has 1 heterocycles. The lowest BCUT2D eigenvalue weighted by atomic mass is 10.1. The van der Waals surface area contributed by atoms with Crippen LogP contribution in [-0.2, 0) is 4.74 Å². The quantitative estimate of drug-likeness (QED) is 0.807. The molecule has 0 spiro atoms. The summed E-state index contributed by atoms with van der Waals surface area (Å²) >= 11 is 0. The second-order valence-corrected chi connectivity index (χ2v) is 3.09. The summed E-state index contributed by atoms with van der Waals surface area (Å²) < 4.78 is 29.6. The maximum atomic E-state index is 12.5. The third-order valence-electron chi connectivity index (χ3n) is 2.11. The summed E-state index contributed by atoms with van der Waals surface area (Å²) in [5.74, 6) is -0.885. The maximum Gasteiger partial charge on any atom is 0.344 e. The molecule has 0 saturated carbocycles. The lowest BCUT2D eigenvalue weighted by molar-refractivity contribution is 0.0522. The number of hydrogen-bond acceptors (Lipinski definition) is 3. The van der Waals surface area contributed by atoms with Crippen molar-refractivity contribution in [1.82, 2.24) is 4.98 Å². The van der Waals surface area contributed by atoms with E-state index in [-0.39, 0.29) is 23.3 Å². The molecule has 0 aliphatic heterocycles. The summed E-state index contributed by atoms with van der Waals surface area (Å²) in [7, 11) is 0. The number of nitrogens with one attached hydrogen (secondary N) is 1. The van der Waals surface area contributed by atoms with Crippen LogP contribution in [-0.4, -0.2) is 17.6 Å². The Bertz CT molecular complexity index is 454. The van der Waals surface area contributed by atoms with Crippen molar-refractivity contribution in [2.45, 2.75) is 20.3 Å². The van der Waals surface area contributed by atoms with E-state index in [9.17, 15) is 18.4 Å². The fourth-order valence-electron chi connectivity index (χ4n) is 1.31. The highest BCUT2D eigenvalue weighted by Crippen LogP contribution is 2.22. The Morgan fingerprint density at radius 2 is 2.19 bits per heavy atom. The third kappa shape index (κ3) is 2.26. The lowest BCUT2D eigenvalue weighted by Gasteiger charge is -2.08. The van der Waals surface area contributed by atoms with Crippen LogP contribution in [0.25, 0.3) is 0 Å². The van der Waals surface area contributed by atoms with Crippen molar-refractivity contribution in [2.24, 2.45) is 0 Å². The van der Waals surface area contributed by atoms with E-state index in [0.29, 0.717) is 0 Å². The molecule has 16 heavy (non-hydrogen) atoms. The number of aromatic amines is 1.